The van der Waals surface area contributed by atoms with Crippen LogP contribution in [0.3, 0.4) is 0 Å². The molecule has 4 N–H and O–H groups in total. The number of hydrogen-bond acceptors (Lipinski definition) is 5. The molecule has 39 heavy (non-hydrogen) atoms. The molecule has 3 amide bonds. The van der Waals surface area contributed by atoms with Crippen molar-refractivity contribution in [2.45, 2.75) is 50.6 Å². The fourth-order valence-electron chi connectivity index (χ4n) is 5.03. The number of carbonyl (C=O) groups excluding carboxylic acids is 3. The quantitative estimate of drug-likeness (QED) is 0.314. The first-order chi connectivity index (χ1) is 18.7. The van der Waals surface area contributed by atoms with Crippen LogP contribution in [0.4, 0.5) is 10.1 Å². The second-order valence-electron chi connectivity index (χ2n) is 10.1. The van der Waals surface area contributed by atoms with E-state index in [9.17, 15) is 24.0 Å². The van der Waals surface area contributed by atoms with Crippen LogP contribution in [0.2, 0.25) is 5.02 Å². The van der Waals surface area contributed by atoms with Crippen LogP contribution in [-0.4, -0.2) is 41.9 Å². The van der Waals surface area contributed by atoms with E-state index in [1.165, 1.54) is 6.07 Å². The van der Waals surface area contributed by atoms with Crippen molar-refractivity contribution in [1.82, 2.24) is 15.6 Å². The van der Waals surface area contributed by atoms with Crippen molar-refractivity contribution in [1.29, 1.82) is 5.26 Å². The van der Waals surface area contributed by atoms with Gasteiger partial charge in [0.25, 0.3) is 5.91 Å². The Kier molecular flexibility index (Phi) is 7.19. The molecule has 1 aliphatic heterocycles. The number of benzene rings is 2. The molecule has 11 heteroatoms. The van der Waals surface area contributed by atoms with Gasteiger partial charge in [-0.1, -0.05) is 30.5 Å². The van der Waals surface area contributed by atoms with E-state index in [-0.39, 0.29) is 28.4 Å². The SMILES string of the molecule is COc1cccc2[nH]c(C(=O)N[C@@H](CC3CC3)C(=O)N[C@H](C#N)C[C@H]3C(=O)Nc4c(F)cc(C)c(Cl)c43)cc12. The molecule has 0 radical (unpaired) electrons. The maximum absolute atomic E-state index is 14.5. The van der Waals surface area contributed by atoms with Gasteiger partial charge in [-0.2, -0.15) is 5.26 Å². The Labute approximate surface area is 229 Å². The van der Waals surface area contributed by atoms with Crippen molar-refractivity contribution < 1.29 is 23.5 Å². The zero-order valence-corrected chi connectivity index (χ0v) is 22.1. The topological polar surface area (TPSA) is 136 Å². The van der Waals surface area contributed by atoms with E-state index in [2.05, 4.69) is 20.9 Å². The number of aromatic amines is 1. The van der Waals surface area contributed by atoms with Gasteiger partial charge in [-0.3, -0.25) is 14.4 Å². The summed E-state index contributed by atoms with van der Waals surface area (Å²) in [5.74, 6) is -2.11. The van der Waals surface area contributed by atoms with Gasteiger partial charge >= 0.3 is 0 Å². The number of halogens is 2. The molecule has 5 rings (SSSR count). The summed E-state index contributed by atoms with van der Waals surface area (Å²) >= 11 is 6.39. The average Bonchev–Trinajstić information content (AvgIpc) is 3.52. The minimum absolute atomic E-state index is 0.00236. The van der Waals surface area contributed by atoms with E-state index in [0.29, 0.717) is 29.2 Å². The Morgan fingerprint density at radius 2 is 2.03 bits per heavy atom. The molecule has 1 saturated carbocycles. The third-order valence-electron chi connectivity index (χ3n) is 7.27. The molecule has 0 spiro atoms. The lowest BCUT2D eigenvalue weighted by atomic mass is 9.92. The van der Waals surface area contributed by atoms with Gasteiger partial charge in [-0.15, -0.1) is 0 Å². The van der Waals surface area contributed by atoms with Gasteiger partial charge in [0.15, 0.2) is 0 Å². The zero-order valence-electron chi connectivity index (χ0n) is 21.4. The Morgan fingerprint density at radius 3 is 2.72 bits per heavy atom. The summed E-state index contributed by atoms with van der Waals surface area (Å²) in [4.78, 5) is 42.1. The number of nitrogens with zero attached hydrogens (tertiary/aromatic N) is 1. The summed E-state index contributed by atoms with van der Waals surface area (Å²) in [5.41, 5.74) is 1.73. The summed E-state index contributed by atoms with van der Waals surface area (Å²) in [6, 6.07) is 8.36. The summed E-state index contributed by atoms with van der Waals surface area (Å²) in [5, 5.41) is 18.7. The standard InChI is InChI=1S/C28H27ClFN5O4/c1-13-8-18(30)25-23(24(13)29)17(26(36)35-25)10-15(12-31)32-27(37)20(9-14-6-7-14)34-28(38)21-11-16-19(33-21)4-3-5-22(16)39-2/h3-5,8,11,14-15,17,20,33H,6-7,9-10H2,1-2H3,(H,32,37)(H,34,38)(H,35,36)/t15-,17+,20-/m0/s1. The highest BCUT2D eigenvalue weighted by Crippen LogP contribution is 2.43. The number of methoxy groups -OCH3 is 1. The van der Waals surface area contributed by atoms with Gasteiger partial charge in [0, 0.05) is 21.5 Å². The molecule has 2 heterocycles. The van der Waals surface area contributed by atoms with Gasteiger partial charge in [0.2, 0.25) is 11.8 Å². The van der Waals surface area contributed by atoms with Crippen LogP contribution >= 0.6 is 11.6 Å². The number of aromatic nitrogens is 1. The van der Waals surface area contributed by atoms with Crippen LogP contribution < -0.4 is 20.7 Å². The van der Waals surface area contributed by atoms with E-state index in [4.69, 9.17) is 16.3 Å². The Hall–Kier alpha value is -4.10. The maximum atomic E-state index is 14.5. The lowest BCUT2D eigenvalue weighted by Crippen LogP contribution is -2.50. The number of nitrogens with one attached hydrogen (secondary N) is 4. The minimum atomic E-state index is -1.07. The third-order valence-corrected chi connectivity index (χ3v) is 7.77. The van der Waals surface area contributed by atoms with Crippen molar-refractivity contribution in [2.24, 2.45) is 5.92 Å². The number of ether oxygens (including phenoxy) is 1. The first-order valence-corrected chi connectivity index (χ1v) is 13.0. The van der Waals surface area contributed by atoms with Crippen molar-refractivity contribution in [2.75, 3.05) is 12.4 Å². The van der Waals surface area contributed by atoms with Crippen LogP contribution in [-0.2, 0) is 9.59 Å². The highest BCUT2D eigenvalue weighted by Gasteiger charge is 2.38. The number of amides is 3. The summed E-state index contributed by atoms with van der Waals surface area (Å²) in [6.07, 6.45) is 2.22. The molecule has 0 unspecified atom stereocenters. The van der Waals surface area contributed by atoms with Crippen LogP contribution in [0.5, 0.6) is 5.75 Å². The lowest BCUT2D eigenvalue weighted by molar-refractivity contribution is -0.124. The van der Waals surface area contributed by atoms with E-state index < -0.39 is 41.5 Å². The second-order valence-corrected chi connectivity index (χ2v) is 10.4. The second kappa shape index (κ2) is 10.6. The van der Waals surface area contributed by atoms with Crippen LogP contribution in [0.25, 0.3) is 10.9 Å². The maximum Gasteiger partial charge on any atom is 0.268 e. The molecule has 3 aromatic rings. The summed E-state index contributed by atoms with van der Waals surface area (Å²) < 4.78 is 19.8. The molecule has 0 bridgehead atoms. The number of H-pyrrole nitrogens is 1. The smallest absolute Gasteiger partial charge is 0.268 e. The first kappa shape index (κ1) is 26.5. The highest BCUT2D eigenvalue weighted by atomic mass is 35.5. The van der Waals surface area contributed by atoms with Crippen molar-refractivity contribution in [3.8, 4) is 11.8 Å². The summed E-state index contributed by atoms with van der Waals surface area (Å²) in [7, 11) is 1.54. The zero-order chi connectivity index (χ0) is 27.8. The van der Waals surface area contributed by atoms with E-state index >= 15 is 0 Å². The number of rotatable bonds is 9. The molecule has 3 atom stereocenters. The van der Waals surface area contributed by atoms with E-state index in [1.807, 2.05) is 12.1 Å². The van der Waals surface area contributed by atoms with Gasteiger partial charge in [-0.25, -0.2) is 4.39 Å². The van der Waals surface area contributed by atoms with Gasteiger partial charge in [0.1, 0.15) is 29.3 Å². The predicted molar refractivity (Wildman–Crippen MR) is 143 cm³/mol. The normalized spacial score (nSPS) is 17.6. The molecule has 202 valence electrons. The Morgan fingerprint density at radius 1 is 1.26 bits per heavy atom. The van der Waals surface area contributed by atoms with E-state index in [1.54, 1.807) is 32.2 Å². The number of anilines is 1. The van der Waals surface area contributed by atoms with Crippen LogP contribution in [0, 0.1) is 30.0 Å². The summed E-state index contributed by atoms with van der Waals surface area (Å²) in [6.45, 7) is 1.63. The number of fused-ring (bicyclic) bond motifs is 2. The van der Waals surface area contributed by atoms with Gasteiger partial charge in [-0.05, 0) is 55.5 Å². The van der Waals surface area contributed by atoms with Crippen molar-refractivity contribution >= 4 is 45.9 Å². The van der Waals surface area contributed by atoms with Gasteiger partial charge in [0.05, 0.1) is 24.8 Å². The van der Waals surface area contributed by atoms with Crippen molar-refractivity contribution in [3.05, 3.63) is 58.0 Å². The molecule has 2 aliphatic rings. The van der Waals surface area contributed by atoms with Gasteiger partial charge < -0.3 is 25.7 Å². The number of nitriles is 1. The molecule has 9 nitrogen and oxygen atoms in total. The molecular weight excluding hydrogens is 525 g/mol. The fraction of sp³-hybridized carbons (Fsp3) is 0.357. The number of hydrogen-bond donors (Lipinski definition) is 4. The van der Waals surface area contributed by atoms with E-state index in [0.717, 1.165) is 18.2 Å². The number of carbonyl (C=O) groups is 3. The molecule has 0 saturated heterocycles. The third kappa shape index (κ3) is 5.27. The fourth-order valence-corrected chi connectivity index (χ4v) is 5.31. The molecule has 1 aliphatic carbocycles. The monoisotopic (exact) mass is 551 g/mol. The minimum Gasteiger partial charge on any atom is -0.496 e. The van der Waals surface area contributed by atoms with Crippen LogP contribution in [0.1, 0.15) is 53.2 Å². The Balaban J connectivity index is 1.31. The first-order valence-electron chi connectivity index (χ1n) is 12.7. The molecular formula is C28H27ClFN5O4. The number of aryl methyl sites for hydroxylation is 1. The average molecular weight is 552 g/mol. The predicted octanol–water partition coefficient (Wildman–Crippen LogP) is 4.31. The largest absolute Gasteiger partial charge is 0.496 e. The Bertz CT molecular complexity index is 1530. The lowest BCUT2D eigenvalue weighted by Gasteiger charge is -2.21. The molecule has 2 aromatic carbocycles. The molecule has 1 aromatic heterocycles. The van der Waals surface area contributed by atoms with Crippen molar-refractivity contribution in [3.63, 3.8) is 0 Å². The van der Waals surface area contributed by atoms with Crippen LogP contribution in [0.15, 0.2) is 30.3 Å². The highest BCUT2D eigenvalue weighted by molar-refractivity contribution is 6.33. The molecule has 1 fully saturated rings.